The SMILES string of the molecule is CC[C@@H](N)c1ccccc1N(C)Cc1ccc(Cl)s1. The highest BCUT2D eigenvalue weighted by Gasteiger charge is 2.12. The minimum atomic E-state index is 0.0885. The molecule has 0 amide bonds. The van der Waals surface area contributed by atoms with E-state index in [2.05, 4.69) is 43.1 Å². The first-order chi connectivity index (χ1) is 9.11. The van der Waals surface area contributed by atoms with Crippen LogP contribution in [-0.4, -0.2) is 7.05 Å². The quantitative estimate of drug-likeness (QED) is 0.883. The molecule has 1 aromatic carbocycles. The van der Waals surface area contributed by atoms with E-state index in [1.54, 1.807) is 11.3 Å². The predicted molar refractivity (Wildman–Crippen MR) is 85.1 cm³/mol. The van der Waals surface area contributed by atoms with Gasteiger partial charge in [0.05, 0.1) is 10.9 Å². The van der Waals surface area contributed by atoms with Crippen molar-refractivity contribution in [3.05, 3.63) is 51.2 Å². The number of rotatable bonds is 5. The molecule has 19 heavy (non-hydrogen) atoms. The summed E-state index contributed by atoms with van der Waals surface area (Å²) in [7, 11) is 2.09. The van der Waals surface area contributed by atoms with E-state index in [0.717, 1.165) is 17.3 Å². The van der Waals surface area contributed by atoms with Crippen LogP contribution in [0.4, 0.5) is 5.69 Å². The summed E-state index contributed by atoms with van der Waals surface area (Å²) in [6.07, 6.45) is 0.940. The molecule has 2 rings (SSSR count). The summed E-state index contributed by atoms with van der Waals surface area (Å²) in [6.45, 7) is 2.96. The van der Waals surface area contributed by atoms with E-state index in [1.165, 1.54) is 16.1 Å². The van der Waals surface area contributed by atoms with Crippen LogP contribution in [0.2, 0.25) is 4.34 Å². The largest absolute Gasteiger partial charge is 0.369 e. The Balaban J connectivity index is 2.21. The highest BCUT2D eigenvalue weighted by atomic mass is 35.5. The van der Waals surface area contributed by atoms with Crippen molar-refractivity contribution < 1.29 is 0 Å². The highest BCUT2D eigenvalue weighted by molar-refractivity contribution is 7.16. The zero-order chi connectivity index (χ0) is 13.8. The number of benzene rings is 1. The minimum Gasteiger partial charge on any atom is -0.369 e. The number of anilines is 1. The van der Waals surface area contributed by atoms with Gasteiger partial charge < -0.3 is 10.6 Å². The van der Waals surface area contributed by atoms with Gasteiger partial charge in [-0.3, -0.25) is 0 Å². The van der Waals surface area contributed by atoms with Crippen molar-refractivity contribution in [3.63, 3.8) is 0 Å². The molecule has 102 valence electrons. The molecule has 0 fully saturated rings. The predicted octanol–water partition coefficient (Wildman–Crippen LogP) is 4.45. The second kappa shape index (κ2) is 6.42. The van der Waals surface area contributed by atoms with Crippen LogP contribution in [0.1, 0.15) is 29.8 Å². The van der Waals surface area contributed by atoms with Crippen molar-refractivity contribution >= 4 is 28.6 Å². The van der Waals surface area contributed by atoms with Crippen molar-refractivity contribution in [2.45, 2.75) is 25.9 Å². The zero-order valence-corrected chi connectivity index (χ0v) is 12.8. The van der Waals surface area contributed by atoms with Gasteiger partial charge in [-0.1, -0.05) is 36.7 Å². The number of nitrogens with two attached hydrogens (primary N) is 1. The highest BCUT2D eigenvalue weighted by Crippen LogP contribution is 2.29. The zero-order valence-electron chi connectivity index (χ0n) is 11.3. The van der Waals surface area contributed by atoms with Crippen LogP contribution in [0.3, 0.4) is 0 Å². The Bertz CT molecular complexity index is 538. The third-order valence-corrected chi connectivity index (χ3v) is 4.43. The molecule has 1 aromatic heterocycles. The number of thiophene rings is 1. The summed E-state index contributed by atoms with van der Waals surface area (Å²) in [4.78, 5) is 3.49. The maximum absolute atomic E-state index is 6.19. The number of hydrogen-bond acceptors (Lipinski definition) is 3. The third-order valence-electron chi connectivity index (χ3n) is 3.21. The molecular formula is C15H19ClN2S. The lowest BCUT2D eigenvalue weighted by Gasteiger charge is -2.24. The lowest BCUT2D eigenvalue weighted by Crippen LogP contribution is -2.20. The smallest absolute Gasteiger partial charge is 0.0931 e. The molecule has 0 aliphatic heterocycles. The second-order valence-corrected chi connectivity index (χ2v) is 6.44. The van der Waals surface area contributed by atoms with Crippen molar-refractivity contribution in [1.29, 1.82) is 0 Å². The molecule has 0 bridgehead atoms. The van der Waals surface area contributed by atoms with Gasteiger partial charge in [-0.05, 0) is 30.2 Å². The molecule has 0 saturated heterocycles. The summed E-state index contributed by atoms with van der Waals surface area (Å²) < 4.78 is 0.835. The van der Waals surface area contributed by atoms with Crippen LogP contribution >= 0.6 is 22.9 Å². The summed E-state index contributed by atoms with van der Waals surface area (Å²) in [5, 5.41) is 0. The van der Waals surface area contributed by atoms with Crippen molar-refractivity contribution in [3.8, 4) is 0 Å². The van der Waals surface area contributed by atoms with Crippen LogP contribution in [0.25, 0.3) is 0 Å². The summed E-state index contributed by atoms with van der Waals surface area (Å²) >= 11 is 7.60. The molecule has 0 unspecified atom stereocenters. The van der Waals surface area contributed by atoms with Gasteiger partial charge in [0.15, 0.2) is 0 Å². The molecule has 4 heteroatoms. The minimum absolute atomic E-state index is 0.0885. The Hall–Kier alpha value is -1.03. The summed E-state index contributed by atoms with van der Waals surface area (Å²) in [5.74, 6) is 0. The van der Waals surface area contributed by atoms with Gasteiger partial charge in [0.25, 0.3) is 0 Å². The van der Waals surface area contributed by atoms with Crippen molar-refractivity contribution in [2.75, 3.05) is 11.9 Å². The molecule has 2 nitrogen and oxygen atoms in total. The van der Waals surface area contributed by atoms with E-state index in [-0.39, 0.29) is 6.04 Å². The van der Waals surface area contributed by atoms with E-state index in [9.17, 15) is 0 Å². The fraction of sp³-hybridized carbons (Fsp3) is 0.333. The van der Waals surface area contributed by atoms with E-state index >= 15 is 0 Å². The van der Waals surface area contributed by atoms with Gasteiger partial charge in [0.2, 0.25) is 0 Å². The first-order valence-corrected chi connectivity index (χ1v) is 7.61. The van der Waals surface area contributed by atoms with Gasteiger partial charge in [-0.15, -0.1) is 11.3 Å². The molecule has 0 aliphatic rings. The molecule has 0 saturated carbocycles. The van der Waals surface area contributed by atoms with E-state index < -0.39 is 0 Å². The van der Waals surface area contributed by atoms with Crippen LogP contribution in [-0.2, 0) is 6.54 Å². The van der Waals surface area contributed by atoms with E-state index in [4.69, 9.17) is 17.3 Å². The maximum atomic E-state index is 6.19. The summed E-state index contributed by atoms with van der Waals surface area (Å²) in [5.41, 5.74) is 8.58. The summed E-state index contributed by atoms with van der Waals surface area (Å²) in [6, 6.07) is 12.4. The molecule has 0 radical (unpaired) electrons. The monoisotopic (exact) mass is 294 g/mol. The van der Waals surface area contributed by atoms with E-state index in [1.807, 2.05) is 12.1 Å². The van der Waals surface area contributed by atoms with Crippen LogP contribution in [0.15, 0.2) is 36.4 Å². The van der Waals surface area contributed by atoms with Crippen LogP contribution < -0.4 is 10.6 Å². The fourth-order valence-electron chi connectivity index (χ4n) is 2.12. The lowest BCUT2D eigenvalue weighted by molar-refractivity contribution is 0.694. The topological polar surface area (TPSA) is 29.3 Å². The lowest BCUT2D eigenvalue weighted by atomic mass is 10.0. The average molecular weight is 295 g/mol. The number of para-hydroxylation sites is 1. The Morgan fingerprint density at radius 1 is 1.26 bits per heavy atom. The number of hydrogen-bond donors (Lipinski definition) is 1. The maximum Gasteiger partial charge on any atom is 0.0931 e. The average Bonchev–Trinajstić information content (AvgIpc) is 2.83. The molecule has 1 atom stereocenters. The molecule has 2 aromatic rings. The second-order valence-electron chi connectivity index (χ2n) is 4.64. The van der Waals surface area contributed by atoms with Gasteiger partial charge >= 0.3 is 0 Å². The van der Waals surface area contributed by atoms with Gasteiger partial charge in [-0.25, -0.2) is 0 Å². The molecular weight excluding hydrogens is 276 g/mol. The van der Waals surface area contributed by atoms with Crippen LogP contribution in [0.5, 0.6) is 0 Å². The Labute approximate surface area is 123 Å². The fourth-order valence-corrected chi connectivity index (χ4v) is 3.27. The Kier molecular flexibility index (Phi) is 4.86. The molecule has 1 heterocycles. The standard InChI is InChI=1S/C15H19ClN2S/c1-3-13(17)12-6-4-5-7-14(12)18(2)10-11-8-9-15(16)19-11/h4-9,13H,3,10,17H2,1-2H3/t13-/m1/s1. The first-order valence-electron chi connectivity index (χ1n) is 6.41. The Morgan fingerprint density at radius 2 is 2.00 bits per heavy atom. The van der Waals surface area contributed by atoms with Crippen molar-refractivity contribution in [2.24, 2.45) is 5.73 Å². The molecule has 0 spiro atoms. The van der Waals surface area contributed by atoms with Gasteiger partial charge in [-0.2, -0.15) is 0 Å². The van der Waals surface area contributed by atoms with Crippen molar-refractivity contribution in [1.82, 2.24) is 0 Å². The number of nitrogens with zero attached hydrogens (tertiary/aromatic N) is 1. The normalized spacial score (nSPS) is 12.4. The van der Waals surface area contributed by atoms with Gasteiger partial charge in [0, 0.05) is 23.7 Å². The van der Waals surface area contributed by atoms with Gasteiger partial charge in [0.1, 0.15) is 0 Å². The Morgan fingerprint density at radius 3 is 2.63 bits per heavy atom. The van der Waals surface area contributed by atoms with Crippen LogP contribution in [0, 0.1) is 0 Å². The number of halogens is 1. The molecule has 2 N–H and O–H groups in total. The first kappa shape index (κ1) is 14.4. The molecule has 0 aliphatic carbocycles. The van der Waals surface area contributed by atoms with E-state index in [0.29, 0.717) is 0 Å². The third kappa shape index (κ3) is 3.50.